The summed E-state index contributed by atoms with van der Waals surface area (Å²) in [5.74, 6) is 0.770. The number of rotatable bonds is 5. The molecule has 1 aromatic rings. The Balaban J connectivity index is 1.81. The van der Waals surface area contributed by atoms with E-state index in [-0.39, 0.29) is 0 Å². The van der Waals surface area contributed by atoms with Crippen LogP contribution >= 0.6 is 0 Å². The Bertz CT molecular complexity index is 350. The molecule has 1 aliphatic rings. The Hall–Kier alpha value is -1.09. The van der Waals surface area contributed by atoms with Crippen molar-refractivity contribution < 1.29 is 4.74 Å². The van der Waals surface area contributed by atoms with Gasteiger partial charge in [0.2, 0.25) is 5.88 Å². The molecule has 0 spiro atoms. The number of aromatic nitrogens is 1. The van der Waals surface area contributed by atoms with E-state index in [2.05, 4.69) is 30.2 Å². The minimum Gasteiger partial charge on any atom is -0.476 e. The second-order valence-electron chi connectivity index (χ2n) is 4.57. The second kappa shape index (κ2) is 5.30. The van der Waals surface area contributed by atoms with Gasteiger partial charge in [0, 0.05) is 24.3 Å². The molecule has 0 saturated heterocycles. The third-order valence-corrected chi connectivity index (χ3v) is 2.81. The number of ether oxygens (including phenoxy) is 1. The minimum absolute atomic E-state index is 0.511. The first kappa shape index (κ1) is 11.4. The van der Waals surface area contributed by atoms with E-state index in [4.69, 9.17) is 4.74 Å². The van der Waals surface area contributed by atoms with Crippen molar-refractivity contribution in [3.63, 3.8) is 0 Å². The van der Waals surface area contributed by atoms with Gasteiger partial charge in [-0.2, -0.15) is 0 Å². The zero-order valence-electron chi connectivity index (χ0n) is 10.1. The third kappa shape index (κ3) is 2.95. The van der Waals surface area contributed by atoms with Gasteiger partial charge in [-0.3, -0.25) is 0 Å². The monoisotopic (exact) mass is 220 g/mol. The van der Waals surface area contributed by atoms with E-state index in [1.54, 1.807) is 0 Å². The van der Waals surface area contributed by atoms with Crippen LogP contribution in [0, 0.1) is 0 Å². The molecule has 1 N–H and O–H groups in total. The van der Waals surface area contributed by atoms with Crippen LogP contribution in [0.1, 0.15) is 31.5 Å². The first-order valence-corrected chi connectivity index (χ1v) is 6.10. The van der Waals surface area contributed by atoms with Crippen molar-refractivity contribution in [3.8, 4) is 5.88 Å². The van der Waals surface area contributed by atoms with Crippen LogP contribution in [-0.4, -0.2) is 24.2 Å². The Labute approximate surface area is 97.2 Å². The first-order valence-electron chi connectivity index (χ1n) is 6.10. The summed E-state index contributed by atoms with van der Waals surface area (Å²) in [5, 5.41) is 3.32. The normalized spacial score (nSPS) is 14.2. The van der Waals surface area contributed by atoms with Gasteiger partial charge in [-0.15, -0.1) is 0 Å². The maximum Gasteiger partial charge on any atom is 0.213 e. The van der Waals surface area contributed by atoms with Crippen molar-refractivity contribution in [2.24, 2.45) is 0 Å². The van der Waals surface area contributed by atoms with Gasteiger partial charge >= 0.3 is 0 Å². The fourth-order valence-corrected chi connectivity index (χ4v) is 1.98. The van der Waals surface area contributed by atoms with E-state index in [1.807, 2.05) is 6.07 Å². The Morgan fingerprint density at radius 1 is 1.38 bits per heavy atom. The Morgan fingerprint density at radius 2 is 2.25 bits per heavy atom. The predicted octanol–water partition coefficient (Wildman–Crippen LogP) is 1.95. The highest BCUT2D eigenvalue weighted by molar-refractivity contribution is 5.29. The molecule has 0 saturated carbocycles. The van der Waals surface area contributed by atoms with Crippen molar-refractivity contribution in [2.75, 3.05) is 13.2 Å². The van der Waals surface area contributed by atoms with Crippen molar-refractivity contribution in [2.45, 2.75) is 39.2 Å². The molecular formula is C13H20N2O. The quantitative estimate of drug-likeness (QED) is 0.770. The van der Waals surface area contributed by atoms with Crippen LogP contribution in [0.5, 0.6) is 5.88 Å². The molecule has 1 heterocycles. The van der Waals surface area contributed by atoms with Crippen molar-refractivity contribution in [1.82, 2.24) is 10.3 Å². The molecule has 0 atom stereocenters. The van der Waals surface area contributed by atoms with E-state index in [0.29, 0.717) is 12.6 Å². The van der Waals surface area contributed by atoms with Gasteiger partial charge < -0.3 is 10.1 Å². The number of aryl methyl sites for hydroxylation is 2. The number of nitrogens with zero attached hydrogens (tertiary/aromatic N) is 1. The van der Waals surface area contributed by atoms with Crippen LogP contribution in [0.25, 0.3) is 0 Å². The smallest absolute Gasteiger partial charge is 0.213 e. The molecule has 0 aliphatic heterocycles. The van der Waals surface area contributed by atoms with E-state index in [0.717, 1.165) is 18.8 Å². The lowest BCUT2D eigenvalue weighted by atomic mass is 10.2. The van der Waals surface area contributed by atoms with Gasteiger partial charge in [0.15, 0.2) is 0 Å². The average Bonchev–Trinajstić information content (AvgIpc) is 2.71. The standard InChI is InChI=1S/C13H20N2O/c1-10(2)14-8-9-16-13-7-6-11-4-3-5-12(11)15-13/h6-7,10,14H,3-5,8-9H2,1-2H3. The molecule has 2 rings (SSSR count). The van der Waals surface area contributed by atoms with Crippen molar-refractivity contribution in [3.05, 3.63) is 23.4 Å². The molecule has 1 aliphatic carbocycles. The maximum atomic E-state index is 5.61. The van der Waals surface area contributed by atoms with Gasteiger partial charge in [0.25, 0.3) is 0 Å². The minimum atomic E-state index is 0.511. The Kier molecular flexibility index (Phi) is 3.78. The van der Waals surface area contributed by atoms with Crippen molar-refractivity contribution >= 4 is 0 Å². The average molecular weight is 220 g/mol. The molecule has 0 bridgehead atoms. The zero-order valence-corrected chi connectivity index (χ0v) is 10.1. The molecule has 3 nitrogen and oxygen atoms in total. The highest BCUT2D eigenvalue weighted by Crippen LogP contribution is 2.22. The largest absolute Gasteiger partial charge is 0.476 e. The number of hydrogen-bond donors (Lipinski definition) is 1. The summed E-state index contributed by atoms with van der Waals surface area (Å²) in [5.41, 5.74) is 2.63. The van der Waals surface area contributed by atoms with Gasteiger partial charge in [-0.05, 0) is 24.8 Å². The predicted molar refractivity (Wildman–Crippen MR) is 64.9 cm³/mol. The Morgan fingerprint density at radius 3 is 3.06 bits per heavy atom. The number of pyridine rings is 1. The van der Waals surface area contributed by atoms with Gasteiger partial charge in [-0.1, -0.05) is 19.9 Å². The highest BCUT2D eigenvalue weighted by Gasteiger charge is 2.12. The lowest BCUT2D eigenvalue weighted by Gasteiger charge is -2.09. The number of fused-ring (bicyclic) bond motifs is 1. The highest BCUT2D eigenvalue weighted by atomic mass is 16.5. The molecule has 16 heavy (non-hydrogen) atoms. The topological polar surface area (TPSA) is 34.1 Å². The van der Waals surface area contributed by atoms with Crippen LogP contribution < -0.4 is 10.1 Å². The number of nitrogens with one attached hydrogen (secondary N) is 1. The lowest BCUT2D eigenvalue weighted by Crippen LogP contribution is -2.27. The molecule has 0 radical (unpaired) electrons. The molecule has 0 amide bonds. The number of hydrogen-bond acceptors (Lipinski definition) is 3. The van der Waals surface area contributed by atoms with E-state index in [1.165, 1.54) is 24.1 Å². The molecular weight excluding hydrogens is 200 g/mol. The fourth-order valence-electron chi connectivity index (χ4n) is 1.98. The molecule has 0 unspecified atom stereocenters. The lowest BCUT2D eigenvalue weighted by molar-refractivity contribution is 0.297. The van der Waals surface area contributed by atoms with Crippen LogP contribution in [0.4, 0.5) is 0 Å². The van der Waals surface area contributed by atoms with E-state index < -0.39 is 0 Å². The summed E-state index contributed by atoms with van der Waals surface area (Å²) < 4.78 is 5.61. The van der Waals surface area contributed by atoms with Crippen LogP contribution in [-0.2, 0) is 12.8 Å². The molecule has 1 aromatic heterocycles. The van der Waals surface area contributed by atoms with Gasteiger partial charge in [0.1, 0.15) is 6.61 Å². The van der Waals surface area contributed by atoms with E-state index in [9.17, 15) is 0 Å². The first-order chi connectivity index (χ1) is 7.75. The fraction of sp³-hybridized carbons (Fsp3) is 0.615. The second-order valence-corrected chi connectivity index (χ2v) is 4.57. The van der Waals surface area contributed by atoms with Crippen LogP contribution in [0.2, 0.25) is 0 Å². The van der Waals surface area contributed by atoms with E-state index >= 15 is 0 Å². The summed E-state index contributed by atoms with van der Waals surface area (Å²) in [6.45, 7) is 5.82. The molecule has 88 valence electrons. The van der Waals surface area contributed by atoms with Crippen LogP contribution in [0.15, 0.2) is 12.1 Å². The summed E-state index contributed by atoms with van der Waals surface area (Å²) in [6, 6.07) is 4.65. The molecule has 3 heteroatoms. The van der Waals surface area contributed by atoms with Crippen molar-refractivity contribution in [1.29, 1.82) is 0 Å². The summed E-state index contributed by atoms with van der Waals surface area (Å²) in [4.78, 5) is 4.52. The SMILES string of the molecule is CC(C)NCCOc1ccc2c(n1)CCC2. The molecule has 0 fully saturated rings. The van der Waals surface area contributed by atoms with Crippen LogP contribution in [0.3, 0.4) is 0 Å². The third-order valence-electron chi connectivity index (χ3n) is 2.81. The summed E-state index contributed by atoms with van der Waals surface area (Å²) in [7, 11) is 0. The molecule has 0 aromatic carbocycles. The maximum absolute atomic E-state index is 5.61. The summed E-state index contributed by atoms with van der Waals surface area (Å²) >= 11 is 0. The van der Waals surface area contributed by atoms with Gasteiger partial charge in [0.05, 0.1) is 0 Å². The van der Waals surface area contributed by atoms with Gasteiger partial charge in [-0.25, -0.2) is 4.98 Å². The summed E-state index contributed by atoms with van der Waals surface area (Å²) in [6.07, 6.45) is 3.52. The zero-order chi connectivity index (χ0) is 11.4.